The number of hydrogen-bond acceptors (Lipinski definition) is 4. The number of carbonyl (C=O) groups is 1. The number of aromatic nitrogens is 1. The van der Waals surface area contributed by atoms with Gasteiger partial charge in [0.2, 0.25) is 0 Å². The van der Waals surface area contributed by atoms with Crippen molar-refractivity contribution in [1.82, 2.24) is 4.98 Å². The Morgan fingerprint density at radius 2 is 2.07 bits per heavy atom. The number of carboxylic acid groups (broad SMARTS) is 1. The van der Waals surface area contributed by atoms with E-state index in [4.69, 9.17) is 4.74 Å². The number of aryl methyl sites for hydroxylation is 1. The van der Waals surface area contributed by atoms with Crippen molar-refractivity contribution in [2.45, 2.75) is 25.2 Å². The van der Waals surface area contributed by atoms with Gasteiger partial charge in [0.25, 0.3) is 0 Å². The minimum absolute atomic E-state index is 0.217. The molecular weight excluding hydrogens is 371 g/mol. The van der Waals surface area contributed by atoms with Gasteiger partial charge < -0.3 is 15.2 Å². The second kappa shape index (κ2) is 8.31. The Labute approximate surface area is 168 Å². The number of benzene rings is 2. The van der Waals surface area contributed by atoms with E-state index in [0.29, 0.717) is 23.7 Å². The molecule has 0 fully saturated rings. The number of halogens is 1. The SMILES string of the molecule is O=C(O)c1ccncc1NCC1CCCc2cc(Oc3cccc(F)c3)ccc21. The van der Waals surface area contributed by atoms with E-state index < -0.39 is 5.97 Å². The number of carboxylic acids is 1. The highest BCUT2D eigenvalue weighted by molar-refractivity contribution is 5.93. The van der Waals surface area contributed by atoms with Crippen molar-refractivity contribution in [3.63, 3.8) is 0 Å². The number of aromatic carboxylic acids is 1. The molecular formula is C23H21FN2O3. The van der Waals surface area contributed by atoms with Crippen LogP contribution in [0.3, 0.4) is 0 Å². The Hall–Kier alpha value is -3.41. The number of nitrogens with zero attached hydrogens (tertiary/aromatic N) is 1. The van der Waals surface area contributed by atoms with E-state index in [1.807, 2.05) is 12.1 Å². The maximum absolute atomic E-state index is 13.4. The fraction of sp³-hybridized carbons (Fsp3) is 0.217. The van der Waals surface area contributed by atoms with Gasteiger partial charge in [-0.2, -0.15) is 0 Å². The van der Waals surface area contributed by atoms with Crippen molar-refractivity contribution < 1.29 is 19.0 Å². The summed E-state index contributed by atoms with van der Waals surface area (Å²) in [4.78, 5) is 15.4. The van der Waals surface area contributed by atoms with Crippen molar-refractivity contribution in [2.24, 2.45) is 0 Å². The van der Waals surface area contributed by atoms with Crippen molar-refractivity contribution in [3.05, 3.63) is 83.4 Å². The first-order valence-corrected chi connectivity index (χ1v) is 9.57. The molecule has 4 rings (SSSR count). The second-order valence-electron chi connectivity index (χ2n) is 7.12. The Morgan fingerprint density at radius 1 is 1.21 bits per heavy atom. The van der Waals surface area contributed by atoms with Crippen LogP contribution in [0.2, 0.25) is 0 Å². The van der Waals surface area contributed by atoms with Gasteiger partial charge in [-0.25, -0.2) is 9.18 Å². The molecule has 5 nitrogen and oxygen atoms in total. The number of anilines is 1. The summed E-state index contributed by atoms with van der Waals surface area (Å²) in [7, 11) is 0. The van der Waals surface area contributed by atoms with E-state index in [-0.39, 0.29) is 17.3 Å². The van der Waals surface area contributed by atoms with Gasteiger partial charge in [0.1, 0.15) is 17.3 Å². The molecule has 2 N–H and O–H groups in total. The monoisotopic (exact) mass is 392 g/mol. The molecule has 0 amide bonds. The molecule has 29 heavy (non-hydrogen) atoms. The molecule has 1 aliphatic rings. The van der Waals surface area contributed by atoms with Crippen LogP contribution in [0.5, 0.6) is 11.5 Å². The van der Waals surface area contributed by atoms with Crippen molar-refractivity contribution in [3.8, 4) is 11.5 Å². The van der Waals surface area contributed by atoms with Crippen molar-refractivity contribution >= 4 is 11.7 Å². The molecule has 0 saturated heterocycles. The summed E-state index contributed by atoms with van der Waals surface area (Å²) in [5, 5.41) is 12.6. The maximum Gasteiger partial charge on any atom is 0.337 e. The zero-order valence-electron chi connectivity index (χ0n) is 15.8. The van der Waals surface area contributed by atoms with Crippen LogP contribution in [0.4, 0.5) is 10.1 Å². The molecule has 3 aromatic rings. The van der Waals surface area contributed by atoms with Crippen LogP contribution < -0.4 is 10.1 Å². The van der Waals surface area contributed by atoms with E-state index in [9.17, 15) is 14.3 Å². The Morgan fingerprint density at radius 3 is 2.90 bits per heavy atom. The first kappa shape index (κ1) is 18.9. The minimum atomic E-state index is -0.974. The number of rotatable bonds is 6. The largest absolute Gasteiger partial charge is 0.478 e. The lowest BCUT2D eigenvalue weighted by Crippen LogP contribution is -2.19. The van der Waals surface area contributed by atoms with Gasteiger partial charge >= 0.3 is 5.97 Å². The molecule has 0 spiro atoms. The molecule has 2 aromatic carbocycles. The number of fused-ring (bicyclic) bond motifs is 1. The topological polar surface area (TPSA) is 71.5 Å². The van der Waals surface area contributed by atoms with Crippen molar-refractivity contribution in [2.75, 3.05) is 11.9 Å². The molecule has 1 unspecified atom stereocenters. The molecule has 1 atom stereocenters. The third kappa shape index (κ3) is 4.37. The van der Waals surface area contributed by atoms with Crippen LogP contribution in [0, 0.1) is 5.82 Å². The van der Waals surface area contributed by atoms with E-state index in [1.165, 1.54) is 35.5 Å². The number of hydrogen-bond donors (Lipinski definition) is 2. The van der Waals surface area contributed by atoms with Crippen LogP contribution in [0.15, 0.2) is 60.9 Å². The van der Waals surface area contributed by atoms with E-state index in [1.54, 1.807) is 18.3 Å². The van der Waals surface area contributed by atoms with E-state index in [0.717, 1.165) is 19.3 Å². The highest BCUT2D eigenvalue weighted by Gasteiger charge is 2.21. The molecule has 0 bridgehead atoms. The third-order valence-electron chi connectivity index (χ3n) is 5.18. The smallest absolute Gasteiger partial charge is 0.337 e. The molecule has 148 valence electrons. The Kier molecular flexibility index (Phi) is 5.42. The van der Waals surface area contributed by atoms with Gasteiger partial charge in [-0.3, -0.25) is 4.98 Å². The number of nitrogens with one attached hydrogen (secondary N) is 1. The summed E-state index contributed by atoms with van der Waals surface area (Å²) < 4.78 is 19.2. The zero-order valence-corrected chi connectivity index (χ0v) is 15.8. The second-order valence-corrected chi connectivity index (χ2v) is 7.12. The third-order valence-corrected chi connectivity index (χ3v) is 5.18. The number of pyridine rings is 1. The van der Waals surface area contributed by atoms with Gasteiger partial charge in [0, 0.05) is 24.7 Å². The Bertz CT molecular complexity index is 1040. The van der Waals surface area contributed by atoms with Gasteiger partial charge in [-0.05, 0) is 60.7 Å². The lowest BCUT2D eigenvalue weighted by molar-refractivity contribution is 0.0697. The van der Waals surface area contributed by atoms with Gasteiger partial charge in [-0.1, -0.05) is 12.1 Å². The average Bonchev–Trinajstić information content (AvgIpc) is 2.72. The average molecular weight is 392 g/mol. The summed E-state index contributed by atoms with van der Waals surface area (Å²) in [5.41, 5.74) is 3.19. The first-order chi connectivity index (χ1) is 14.1. The molecule has 6 heteroatoms. The van der Waals surface area contributed by atoms with E-state index in [2.05, 4.69) is 16.4 Å². The summed E-state index contributed by atoms with van der Waals surface area (Å²) in [6, 6.07) is 13.5. The van der Waals surface area contributed by atoms with Crippen LogP contribution in [0.25, 0.3) is 0 Å². The normalized spacial score (nSPS) is 15.4. The summed E-state index contributed by atoms with van der Waals surface area (Å²) in [6.07, 6.45) is 6.04. The predicted molar refractivity (Wildman–Crippen MR) is 108 cm³/mol. The highest BCUT2D eigenvalue weighted by atomic mass is 19.1. The summed E-state index contributed by atoms with van der Waals surface area (Å²) in [6.45, 7) is 0.628. The lowest BCUT2D eigenvalue weighted by Gasteiger charge is -2.27. The molecule has 0 aliphatic heterocycles. The number of ether oxygens (including phenoxy) is 1. The lowest BCUT2D eigenvalue weighted by atomic mass is 9.82. The quantitative estimate of drug-likeness (QED) is 0.600. The summed E-state index contributed by atoms with van der Waals surface area (Å²) in [5.74, 6) is 0.116. The van der Waals surface area contributed by atoms with Gasteiger partial charge in [-0.15, -0.1) is 0 Å². The summed E-state index contributed by atoms with van der Waals surface area (Å²) >= 11 is 0. The minimum Gasteiger partial charge on any atom is -0.478 e. The van der Waals surface area contributed by atoms with Crippen LogP contribution in [-0.4, -0.2) is 22.6 Å². The molecule has 1 aromatic heterocycles. The predicted octanol–water partition coefficient (Wildman–Crippen LogP) is 5.24. The first-order valence-electron chi connectivity index (χ1n) is 9.57. The highest BCUT2D eigenvalue weighted by Crippen LogP contribution is 2.35. The van der Waals surface area contributed by atoms with Gasteiger partial charge in [0.05, 0.1) is 17.4 Å². The molecule has 0 radical (unpaired) electrons. The maximum atomic E-state index is 13.4. The van der Waals surface area contributed by atoms with Crippen molar-refractivity contribution in [1.29, 1.82) is 0 Å². The fourth-order valence-corrected chi connectivity index (χ4v) is 3.79. The van der Waals surface area contributed by atoms with Gasteiger partial charge in [0.15, 0.2) is 0 Å². The standard InChI is InChI=1S/C23H21FN2O3/c24-17-5-2-6-18(12-17)29-19-7-8-20-15(11-19)3-1-4-16(20)13-26-22-14-25-10-9-21(22)23(27)28/h2,5-12,14,16,26H,1,3-4,13H2,(H,27,28). The van der Waals surface area contributed by atoms with Crippen LogP contribution >= 0.6 is 0 Å². The molecule has 1 aliphatic carbocycles. The molecule has 0 saturated carbocycles. The van der Waals surface area contributed by atoms with Crippen LogP contribution in [-0.2, 0) is 6.42 Å². The zero-order chi connectivity index (χ0) is 20.2. The molecule has 1 heterocycles. The van der Waals surface area contributed by atoms with Crippen LogP contribution in [0.1, 0.15) is 40.2 Å². The fourth-order valence-electron chi connectivity index (χ4n) is 3.79. The van der Waals surface area contributed by atoms with E-state index >= 15 is 0 Å². The Balaban J connectivity index is 1.49.